The van der Waals surface area contributed by atoms with Crippen LogP contribution in [0.15, 0.2) is 42.0 Å². The molecule has 0 saturated heterocycles. The van der Waals surface area contributed by atoms with Crippen molar-refractivity contribution in [3.63, 3.8) is 0 Å². The minimum atomic E-state index is -1.28. The molecule has 3 fully saturated rings. The molecule has 0 spiro atoms. The van der Waals surface area contributed by atoms with Crippen LogP contribution in [0.4, 0.5) is 0 Å². The maximum absolute atomic E-state index is 13.0. The third kappa shape index (κ3) is 5.79. The van der Waals surface area contributed by atoms with Crippen LogP contribution in [-0.2, 0) is 28.7 Å². The quantitative estimate of drug-likeness (QED) is 0.396. The second-order valence-electron chi connectivity index (χ2n) is 13.2. The van der Waals surface area contributed by atoms with Crippen molar-refractivity contribution in [2.45, 2.75) is 103 Å². The Morgan fingerprint density at radius 3 is 2.50 bits per heavy atom. The average molecular weight is 580 g/mol. The maximum Gasteiger partial charge on any atom is 0.331 e. The number of fused-ring (bicyclic) bond motifs is 5. The summed E-state index contributed by atoms with van der Waals surface area (Å²) in [6.07, 6.45) is 7.81. The Morgan fingerprint density at radius 1 is 1.00 bits per heavy atom. The minimum absolute atomic E-state index is 0.0874. The molecule has 0 aromatic heterocycles. The second kappa shape index (κ2) is 12.3. The van der Waals surface area contributed by atoms with E-state index in [1.807, 2.05) is 6.08 Å². The lowest BCUT2D eigenvalue weighted by Gasteiger charge is -2.57. The highest BCUT2D eigenvalue weighted by atomic mass is 16.5. The third-order valence-electron chi connectivity index (χ3n) is 11.0. The molecular weight excluding hydrogens is 534 g/mol. The van der Waals surface area contributed by atoms with E-state index in [4.69, 9.17) is 9.47 Å². The van der Waals surface area contributed by atoms with Crippen LogP contribution in [0.1, 0.15) is 96.6 Å². The number of ketones is 1. The second-order valence-corrected chi connectivity index (χ2v) is 13.2. The molecule has 1 aromatic carbocycles. The fourth-order valence-corrected chi connectivity index (χ4v) is 8.73. The van der Waals surface area contributed by atoms with E-state index in [-0.39, 0.29) is 42.2 Å². The fraction of sp³-hybridized carbons (Fsp3) is 0.647. The lowest BCUT2D eigenvalue weighted by atomic mass is 9.47. The molecular formula is C34H45NO7. The van der Waals surface area contributed by atoms with Gasteiger partial charge in [-0.05, 0) is 86.7 Å². The molecule has 3 saturated carbocycles. The van der Waals surface area contributed by atoms with Crippen LogP contribution < -0.4 is 5.32 Å². The summed E-state index contributed by atoms with van der Waals surface area (Å²) in [7, 11) is 0. The molecule has 42 heavy (non-hydrogen) atoms. The summed E-state index contributed by atoms with van der Waals surface area (Å²) in [5.41, 5.74) is 1.85. The first-order valence-corrected chi connectivity index (χ1v) is 15.7. The lowest BCUT2D eigenvalue weighted by molar-refractivity contribution is -0.160. The Balaban J connectivity index is 1.17. The summed E-state index contributed by atoms with van der Waals surface area (Å²) in [6, 6.07) is 7.32. The topological polar surface area (TPSA) is 119 Å². The molecule has 2 N–H and O–H groups in total. The van der Waals surface area contributed by atoms with Crippen molar-refractivity contribution in [1.29, 1.82) is 0 Å². The molecule has 8 atom stereocenters. The molecule has 0 bridgehead atoms. The van der Waals surface area contributed by atoms with Crippen molar-refractivity contribution in [2.24, 2.45) is 28.6 Å². The van der Waals surface area contributed by atoms with Crippen LogP contribution in [-0.4, -0.2) is 47.5 Å². The Kier molecular flexibility index (Phi) is 8.93. The average Bonchev–Trinajstić information content (AvgIpc) is 3.31. The zero-order valence-corrected chi connectivity index (χ0v) is 25.1. The van der Waals surface area contributed by atoms with Crippen LogP contribution in [0.5, 0.6) is 0 Å². The monoisotopic (exact) mass is 579 g/mol. The zero-order chi connectivity index (χ0) is 30.1. The standard InChI is InChI=1S/C34H45NO7/c1-4-41-32(40)30(31(39)21-8-6-5-7-9-21)35-28(37)14-15-29(38)42-27-13-12-25-24-11-10-22-20-23(36)16-18-33(22,2)26(24)17-19-34(25,27)3/h5-9,20,24-27,30-31,39H,4,10-19H2,1-3H3,(H,35,37)/t24-,25+,26+,27-,30-,31-,33-,34-/m0/s1. The first kappa shape index (κ1) is 30.5. The third-order valence-corrected chi connectivity index (χ3v) is 11.0. The van der Waals surface area contributed by atoms with E-state index in [0.29, 0.717) is 29.7 Å². The summed E-state index contributed by atoms with van der Waals surface area (Å²) < 4.78 is 11.1. The van der Waals surface area contributed by atoms with E-state index in [0.717, 1.165) is 44.9 Å². The minimum Gasteiger partial charge on any atom is -0.464 e. The van der Waals surface area contributed by atoms with E-state index < -0.39 is 30.0 Å². The number of esters is 2. The van der Waals surface area contributed by atoms with Gasteiger partial charge >= 0.3 is 11.9 Å². The van der Waals surface area contributed by atoms with Gasteiger partial charge in [0.25, 0.3) is 0 Å². The van der Waals surface area contributed by atoms with Crippen molar-refractivity contribution >= 4 is 23.6 Å². The van der Waals surface area contributed by atoms with Gasteiger partial charge in [0.05, 0.1) is 13.0 Å². The summed E-state index contributed by atoms with van der Waals surface area (Å²) in [6.45, 7) is 6.41. The Labute approximate surface area is 248 Å². The molecule has 1 aromatic rings. The lowest BCUT2D eigenvalue weighted by Crippen LogP contribution is -2.51. The number of aliphatic hydroxyl groups is 1. The molecule has 5 rings (SSSR count). The summed E-state index contributed by atoms with van der Waals surface area (Å²) in [4.78, 5) is 50.4. The predicted octanol–water partition coefficient (Wildman–Crippen LogP) is 4.99. The molecule has 8 nitrogen and oxygen atoms in total. The number of nitrogens with one attached hydrogen (secondary N) is 1. The number of carbonyl (C=O) groups excluding carboxylic acids is 4. The van der Waals surface area contributed by atoms with Crippen LogP contribution in [0.3, 0.4) is 0 Å². The number of aliphatic hydroxyl groups excluding tert-OH is 1. The molecule has 0 aliphatic heterocycles. The van der Waals surface area contributed by atoms with E-state index >= 15 is 0 Å². The zero-order valence-electron chi connectivity index (χ0n) is 25.1. The maximum atomic E-state index is 13.0. The van der Waals surface area contributed by atoms with Crippen LogP contribution in [0.25, 0.3) is 0 Å². The Hall–Kier alpha value is -3.00. The molecule has 1 amide bonds. The van der Waals surface area contributed by atoms with Crippen molar-refractivity contribution in [3.05, 3.63) is 47.5 Å². The largest absolute Gasteiger partial charge is 0.464 e. The molecule has 0 unspecified atom stereocenters. The molecule has 4 aliphatic carbocycles. The van der Waals surface area contributed by atoms with Gasteiger partial charge in [-0.2, -0.15) is 0 Å². The highest BCUT2D eigenvalue weighted by Crippen LogP contribution is 2.65. The first-order valence-electron chi connectivity index (χ1n) is 15.7. The van der Waals surface area contributed by atoms with Gasteiger partial charge in [0, 0.05) is 18.3 Å². The first-order chi connectivity index (χ1) is 20.1. The van der Waals surface area contributed by atoms with Crippen molar-refractivity contribution in [3.8, 4) is 0 Å². The van der Waals surface area contributed by atoms with Crippen molar-refractivity contribution in [2.75, 3.05) is 6.61 Å². The van der Waals surface area contributed by atoms with Gasteiger partial charge in [0.1, 0.15) is 12.2 Å². The number of hydrogen-bond acceptors (Lipinski definition) is 7. The van der Waals surface area contributed by atoms with E-state index in [1.54, 1.807) is 37.3 Å². The van der Waals surface area contributed by atoms with Gasteiger partial charge in [0.15, 0.2) is 11.8 Å². The fourth-order valence-electron chi connectivity index (χ4n) is 8.73. The van der Waals surface area contributed by atoms with Gasteiger partial charge in [-0.3, -0.25) is 14.4 Å². The van der Waals surface area contributed by atoms with Crippen LogP contribution in [0, 0.1) is 28.6 Å². The van der Waals surface area contributed by atoms with Crippen LogP contribution >= 0.6 is 0 Å². The number of benzene rings is 1. The normalized spacial score (nSPS) is 33.2. The van der Waals surface area contributed by atoms with Gasteiger partial charge in [-0.25, -0.2) is 4.79 Å². The smallest absolute Gasteiger partial charge is 0.331 e. The molecule has 0 heterocycles. The Morgan fingerprint density at radius 2 is 1.76 bits per heavy atom. The highest BCUT2D eigenvalue weighted by molar-refractivity contribution is 5.91. The Bertz CT molecular complexity index is 1230. The molecule has 4 aliphatic rings. The molecule has 228 valence electrons. The summed E-state index contributed by atoms with van der Waals surface area (Å²) in [5, 5.41) is 13.3. The van der Waals surface area contributed by atoms with Gasteiger partial charge in [-0.1, -0.05) is 49.8 Å². The predicted molar refractivity (Wildman–Crippen MR) is 156 cm³/mol. The number of amides is 1. The molecule has 8 heteroatoms. The van der Waals surface area contributed by atoms with Gasteiger partial charge < -0.3 is 19.9 Å². The number of hydrogen-bond donors (Lipinski definition) is 2. The number of carbonyl (C=O) groups is 4. The van der Waals surface area contributed by atoms with E-state index in [2.05, 4.69) is 19.2 Å². The number of rotatable bonds is 9. The SMILES string of the molecule is CCOC(=O)[C@@H](NC(=O)CCC(=O)O[C@H]1CC[C@@H]2[C@@H]3CCC4=CC(=O)CC[C@]4(C)[C@@H]3CC[C@]12C)[C@@H](O)c1ccccc1. The summed E-state index contributed by atoms with van der Waals surface area (Å²) in [5.74, 6) is 0.225. The molecule has 0 radical (unpaired) electrons. The van der Waals surface area contributed by atoms with Gasteiger partial charge in [-0.15, -0.1) is 0 Å². The van der Waals surface area contributed by atoms with Crippen molar-refractivity contribution in [1.82, 2.24) is 5.32 Å². The van der Waals surface area contributed by atoms with Crippen molar-refractivity contribution < 1.29 is 33.8 Å². The van der Waals surface area contributed by atoms with E-state index in [1.165, 1.54) is 5.57 Å². The number of ether oxygens (including phenoxy) is 2. The number of allylic oxidation sites excluding steroid dienone is 1. The van der Waals surface area contributed by atoms with Gasteiger partial charge in [0.2, 0.25) is 5.91 Å². The highest BCUT2D eigenvalue weighted by Gasteiger charge is 2.60. The van der Waals surface area contributed by atoms with Crippen LogP contribution in [0.2, 0.25) is 0 Å². The summed E-state index contributed by atoms with van der Waals surface area (Å²) >= 11 is 0. The van der Waals surface area contributed by atoms with E-state index in [9.17, 15) is 24.3 Å².